The zero-order valence-corrected chi connectivity index (χ0v) is 14.7. The maximum Gasteiger partial charge on any atom is 0.326 e. The second-order valence-corrected chi connectivity index (χ2v) is 6.63. The van der Waals surface area contributed by atoms with Crippen LogP contribution in [0, 0.1) is 6.92 Å². The topological polar surface area (TPSA) is 115 Å². The third-order valence-electron chi connectivity index (χ3n) is 4.86. The lowest BCUT2D eigenvalue weighted by molar-refractivity contribution is -0.149. The SMILES string of the molecule is Cc1noc(COC(=O)CN2C(=O)N[C@]3(CCCc4ccccc43)C2=O)n1. The molecule has 1 fully saturated rings. The number of carbonyl (C=O) groups excluding carboxylic acids is 3. The summed E-state index contributed by atoms with van der Waals surface area (Å²) in [7, 11) is 0. The van der Waals surface area contributed by atoms with Gasteiger partial charge >= 0.3 is 12.0 Å². The van der Waals surface area contributed by atoms with E-state index >= 15 is 0 Å². The fraction of sp³-hybridized carbons (Fsp3) is 0.389. The molecule has 1 saturated heterocycles. The number of fused-ring (bicyclic) bond motifs is 2. The summed E-state index contributed by atoms with van der Waals surface area (Å²) in [6, 6.07) is 6.97. The van der Waals surface area contributed by atoms with E-state index in [9.17, 15) is 14.4 Å². The van der Waals surface area contributed by atoms with E-state index < -0.39 is 30.0 Å². The molecule has 27 heavy (non-hydrogen) atoms. The third-order valence-corrected chi connectivity index (χ3v) is 4.86. The first-order valence-corrected chi connectivity index (χ1v) is 8.67. The second-order valence-electron chi connectivity index (χ2n) is 6.63. The molecule has 9 nitrogen and oxygen atoms in total. The van der Waals surface area contributed by atoms with Crippen LogP contribution in [0.3, 0.4) is 0 Å². The molecule has 1 aromatic heterocycles. The van der Waals surface area contributed by atoms with Crippen LogP contribution in [0.4, 0.5) is 4.79 Å². The van der Waals surface area contributed by atoms with Gasteiger partial charge in [-0.1, -0.05) is 29.4 Å². The van der Waals surface area contributed by atoms with Gasteiger partial charge in [0.05, 0.1) is 0 Å². The van der Waals surface area contributed by atoms with Crippen LogP contribution < -0.4 is 5.32 Å². The Labute approximate surface area is 154 Å². The van der Waals surface area contributed by atoms with Gasteiger partial charge in [0, 0.05) is 0 Å². The Balaban J connectivity index is 1.48. The Morgan fingerprint density at radius 3 is 2.96 bits per heavy atom. The summed E-state index contributed by atoms with van der Waals surface area (Å²) < 4.78 is 9.89. The fourth-order valence-electron chi connectivity index (χ4n) is 3.67. The predicted octanol–water partition coefficient (Wildman–Crippen LogP) is 1.20. The van der Waals surface area contributed by atoms with Crippen LogP contribution in [0.15, 0.2) is 28.8 Å². The molecule has 1 spiro atoms. The van der Waals surface area contributed by atoms with Crippen molar-refractivity contribution in [3.63, 3.8) is 0 Å². The molecule has 0 saturated carbocycles. The van der Waals surface area contributed by atoms with Gasteiger partial charge in [-0.05, 0) is 37.3 Å². The van der Waals surface area contributed by atoms with Crippen molar-refractivity contribution in [1.29, 1.82) is 0 Å². The molecule has 1 aromatic carbocycles. The van der Waals surface area contributed by atoms with Crippen molar-refractivity contribution in [2.24, 2.45) is 0 Å². The highest BCUT2D eigenvalue weighted by atomic mass is 16.6. The number of benzene rings is 1. The second kappa shape index (κ2) is 6.49. The molecule has 140 valence electrons. The quantitative estimate of drug-likeness (QED) is 0.635. The van der Waals surface area contributed by atoms with Gasteiger partial charge in [-0.25, -0.2) is 4.79 Å². The normalized spacial score (nSPS) is 21.3. The van der Waals surface area contributed by atoms with Crippen LogP contribution >= 0.6 is 0 Å². The Morgan fingerprint density at radius 1 is 1.37 bits per heavy atom. The number of hydrogen-bond donors (Lipinski definition) is 1. The largest absolute Gasteiger partial charge is 0.454 e. The summed E-state index contributed by atoms with van der Waals surface area (Å²) in [6.45, 7) is 0.961. The van der Waals surface area contributed by atoms with Crippen molar-refractivity contribution in [2.75, 3.05) is 6.54 Å². The van der Waals surface area contributed by atoms with Gasteiger partial charge in [0.15, 0.2) is 12.4 Å². The summed E-state index contributed by atoms with van der Waals surface area (Å²) in [5.74, 6) is -0.579. The zero-order chi connectivity index (χ0) is 19.0. The number of nitrogens with one attached hydrogen (secondary N) is 1. The molecule has 2 aliphatic rings. The summed E-state index contributed by atoms with van der Waals surface area (Å²) in [6.07, 6.45) is 2.13. The number of rotatable bonds is 4. The van der Waals surface area contributed by atoms with E-state index in [4.69, 9.17) is 9.26 Å². The lowest BCUT2D eigenvalue weighted by Crippen LogP contribution is -2.46. The highest BCUT2D eigenvalue weighted by Gasteiger charge is 2.54. The average Bonchev–Trinajstić information content (AvgIpc) is 3.18. The Morgan fingerprint density at radius 2 is 2.19 bits per heavy atom. The van der Waals surface area contributed by atoms with Gasteiger partial charge in [-0.2, -0.15) is 4.98 Å². The van der Waals surface area contributed by atoms with Crippen LogP contribution in [0.1, 0.15) is 35.7 Å². The third kappa shape index (κ3) is 2.94. The van der Waals surface area contributed by atoms with E-state index in [1.807, 2.05) is 24.3 Å². The number of ether oxygens (including phenoxy) is 1. The highest BCUT2D eigenvalue weighted by molar-refractivity contribution is 6.09. The molecule has 0 bridgehead atoms. The van der Waals surface area contributed by atoms with Gasteiger partial charge in [-0.15, -0.1) is 0 Å². The van der Waals surface area contributed by atoms with Crippen molar-refractivity contribution in [2.45, 2.75) is 38.3 Å². The van der Waals surface area contributed by atoms with Gasteiger partial charge in [0.1, 0.15) is 12.1 Å². The summed E-state index contributed by atoms with van der Waals surface area (Å²) in [5.41, 5.74) is 0.732. The first-order chi connectivity index (χ1) is 13.0. The van der Waals surface area contributed by atoms with Crippen LogP contribution in [0.25, 0.3) is 0 Å². The minimum Gasteiger partial charge on any atom is -0.454 e. The molecule has 2 aromatic rings. The number of nitrogens with zero attached hydrogens (tertiary/aromatic N) is 3. The maximum absolute atomic E-state index is 13.1. The first kappa shape index (κ1) is 17.2. The number of imide groups is 1. The van der Waals surface area contributed by atoms with Gasteiger partial charge in [0.25, 0.3) is 11.8 Å². The molecular formula is C18H18N4O5. The van der Waals surface area contributed by atoms with Gasteiger partial charge < -0.3 is 14.6 Å². The summed E-state index contributed by atoms with van der Waals surface area (Å²) in [4.78, 5) is 42.4. The van der Waals surface area contributed by atoms with Crippen LogP contribution in [0.2, 0.25) is 0 Å². The van der Waals surface area contributed by atoms with Crippen LogP contribution in [-0.4, -0.2) is 39.5 Å². The lowest BCUT2D eigenvalue weighted by Gasteiger charge is -2.33. The molecule has 1 atom stereocenters. The number of aryl methyl sites for hydroxylation is 2. The van der Waals surface area contributed by atoms with E-state index in [1.165, 1.54) is 0 Å². The maximum atomic E-state index is 13.1. The molecule has 4 rings (SSSR count). The van der Waals surface area contributed by atoms with E-state index in [0.29, 0.717) is 12.2 Å². The van der Waals surface area contributed by atoms with E-state index in [2.05, 4.69) is 15.5 Å². The van der Waals surface area contributed by atoms with Crippen LogP contribution in [0.5, 0.6) is 0 Å². The summed E-state index contributed by atoms with van der Waals surface area (Å²) in [5, 5.41) is 6.39. The van der Waals surface area contributed by atoms with Crippen molar-refractivity contribution >= 4 is 17.9 Å². The van der Waals surface area contributed by atoms with Gasteiger partial charge in [0.2, 0.25) is 0 Å². The number of hydrogen-bond acceptors (Lipinski definition) is 7. The van der Waals surface area contributed by atoms with E-state index in [1.54, 1.807) is 6.92 Å². The number of carbonyl (C=O) groups is 3. The Kier molecular flexibility index (Phi) is 4.14. The highest BCUT2D eigenvalue weighted by Crippen LogP contribution is 2.39. The number of amides is 3. The average molecular weight is 370 g/mol. The Bertz CT molecular complexity index is 924. The van der Waals surface area contributed by atoms with Gasteiger partial charge in [-0.3, -0.25) is 14.5 Å². The number of esters is 1. The lowest BCUT2D eigenvalue weighted by atomic mass is 9.76. The minimum absolute atomic E-state index is 0.149. The number of aromatic nitrogens is 2. The molecule has 1 N–H and O–H groups in total. The molecule has 0 radical (unpaired) electrons. The number of urea groups is 1. The molecule has 1 aliphatic carbocycles. The van der Waals surface area contributed by atoms with Crippen molar-refractivity contribution in [3.05, 3.63) is 47.1 Å². The fourth-order valence-corrected chi connectivity index (χ4v) is 3.67. The molecule has 9 heteroatoms. The van der Waals surface area contributed by atoms with Crippen molar-refractivity contribution in [3.8, 4) is 0 Å². The summed E-state index contributed by atoms with van der Waals surface area (Å²) >= 11 is 0. The van der Waals surface area contributed by atoms with E-state index in [0.717, 1.165) is 28.9 Å². The van der Waals surface area contributed by atoms with Crippen molar-refractivity contribution in [1.82, 2.24) is 20.4 Å². The van der Waals surface area contributed by atoms with Crippen molar-refractivity contribution < 1.29 is 23.6 Å². The standard InChI is InChI=1S/C18H18N4O5/c1-11-19-14(27-21-11)10-26-15(23)9-22-16(24)18(20-17(22)25)8-4-6-12-5-2-3-7-13(12)18/h2-3,5,7H,4,6,8-10H2,1H3,(H,20,25)/t18-/m0/s1. The monoisotopic (exact) mass is 370 g/mol. The van der Waals surface area contributed by atoms with E-state index in [-0.39, 0.29) is 12.5 Å². The predicted molar refractivity (Wildman–Crippen MR) is 90.1 cm³/mol. The van der Waals surface area contributed by atoms with Crippen LogP contribution in [-0.2, 0) is 32.9 Å². The molecule has 2 heterocycles. The smallest absolute Gasteiger partial charge is 0.326 e. The molecule has 0 unspecified atom stereocenters. The molecule has 3 amide bonds. The zero-order valence-electron chi connectivity index (χ0n) is 14.7. The molecular weight excluding hydrogens is 352 g/mol. The first-order valence-electron chi connectivity index (χ1n) is 8.67. The Hall–Kier alpha value is -3.23. The molecule has 1 aliphatic heterocycles. The minimum atomic E-state index is -1.10.